The van der Waals surface area contributed by atoms with Crippen LogP contribution in [0.5, 0.6) is 0 Å². The van der Waals surface area contributed by atoms with Crippen LogP contribution in [0, 0.1) is 18.4 Å². The van der Waals surface area contributed by atoms with Crippen molar-refractivity contribution < 1.29 is 20.4 Å². The summed E-state index contributed by atoms with van der Waals surface area (Å²) in [6, 6.07) is 21.9. The fourth-order valence-corrected chi connectivity index (χ4v) is 0.863. The Morgan fingerprint density at radius 3 is 1.26 bits per heavy atom. The quantitative estimate of drug-likeness (QED) is 0.298. The Labute approximate surface area is 160 Å². The van der Waals surface area contributed by atoms with Gasteiger partial charge in [0.2, 0.25) is 0 Å². The van der Waals surface area contributed by atoms with E-state index in [-0.39, 0.29) is 36.3 Å². The second-order valence-electron chi connectivity index (χ2n) is 5.57. The van der Waals surface area contributed by atoms with Crippen LogP contribution in [-0.4, -0.2) is 40.0 Å². The largest absolute Gasteiger partial charge is 0.0622 e. The van der Waals surface area contributed by atoms with Crippen LogP contribution in [0.2, 0.25) is 0 Å². The van der Waals surface area contributed by atoms with E-state index in [0.29, 0.717) is 0 Å². The number of hydrogen-bond donors (Lipinski definition) is 0. The molecule has 2 radical (unpaired) electrons. The molecule has 2 rings (SSSR count). The summed E-state index contributed by atoms with van der Waals surface area (Å²) in [4.78, 5) is 0. The summed E-state index contributed by atoms with van der Waals surface area (Å²) in [6.45, 7) is 13.6. The Bertz CT molecular complexity index is 424. The minimum Gasteiger partial charge on any atom is -0.0622 e. The van der Waals surface area contributed by atoms with E-state index in [1.807, 2.05) is 60.7 Å². The molecular weight excluding hydrogens is 409 g/mol. The van der Waals surface area contributed by atoms with Crippen molar-refractivity contribution in [2.45, 2.75) is 0 Å². The topological polar surface area (TPSA) is 0 Å². The molecule has 0 heterocycles. The standard InChI is InChI=1S/C8H5.C6H5.2C3H9P.Pd/c1-2-8-6-4-3-5-7-8;1-2-4-6-5-3-1;2*1-4(2)3;/h3-7H;1-5H;2*1-3H3;/p+2. The molecule has 2 aromatic rings. The van der Waals surface area contributed by atoms with Gasteiger partial charge in [-0.15, -0.1) is 0 Å². The van der Waals surface area contributed by atoms with Crippen molar-refractivity contribution in [2.24, 2.45) is 0 Å². The third kappa shape index (κ3) is 34.0. The molecule has 23 heavy (non-hydrogen) atoms. The van der Waals surface area contributed by atoms with E-state index in [1.165, 1.54) is 0 Å². The van der Waals surface area contributed by atoms with E-state index in [2.05, 4.69) is 52.0 Å². The average molecular weight is 439 g/mol. The van der Waals surface area contributed by atoms with Gasteiger partial charge in [-0.1, -0.05) is 54.5 Å². The Balaban J connectivity index is -0.000000240. The molecule has 0 spiro atoms. The van der Waals surface area contributed by atoms with Gasteiger partial charge < -0.3 is 0 Å². The molecule has 0 aliphatic carbocycles. The fraction of sp³-hybridized carbons (Fsp3) is 0.300. The second-order valence-corrected chi connectivity index (χ2v) is 11.6. The van der Waals surface area contributed by atoms with Crippen molar-refractivity contribution in [2.75, 3.05) is 40.0 Å². The monoisotopic (exact) mass is 438 g/mol. The van der Waals surface area contributed by atoms with Gasteiger partial charge >= 0.3 is 0 Å². The molecule has 128 valence electrons. The zero-order valence-electron chi connectivity index (χ0n) is 15.1. The third-order valence-electron chi connectivity index (χ3n) is 1.53. The Kier molecular flexibility index (Phi) is 25.6. The van der Waals surface area contributed by atoms with E-state index in [9.17, 15) is 0 Å². The van der Waals surface area contributed by atoms with Crippen LogP contribution < -0.4 is 0 Å². The van der Waals surface area contributed by atoms with Gasteiger partial charge in [0.05, 0.1) is 0 Å². The van der Waals surface area contributed by atoms with E-state index in [4.69, 9.17) is 6.42 Å². The summed E-state index contributed by atoms with van der Waals surface area (Å²) in [7, 11) is 0.241. The van der Waals surface area contributed by atoms with Crippen LogP contribution in [0.4, 0.5) is 0 Å². The number of benzene rings is 2. The molecule has 0 fully saturated rings. The molecule has 0 aliphatic heterocycles. The van der Waals surface area contributed by atoms with E-state index in [1.54, 1.807) is 0 Å². The molecule has 0 bridgehead atoms. The van der Waals surface area contributed by atoms with E-state index >= 15 is 0 Å². The van der Waals surface area contributed by atoms with Gasteiger partial charge in [0, 0.05) is 66.0 Å². The summed E-state index contributed by atoms with van der Waals surface area (Å²) >= 11 is 0. The number of rotatable bonds is 0. The molecule has 0 unspecified atom stereocenters. The van der Waals surface area contributed by atoms with Crippen LogP contribution >= 0.6 is 15.8 Å². The van der Waals surface area contributed by atoms with Gasteiger partial charge in [0.25, 0.3) is 0 Å². The van der Waals surface area contributed by atoms with Gasteiger partial charge in [0.1, 0.15) is 0 Å². The first-order valence-corrected chi connectivity index (χ1v) is 13.3. The Morgan fingerprint density at radius 1 is 0.739 bits per heavy atom. The van der Waals surface area contributed by atoms with Crippen molar-refractivity contribution >= 4 is 15.8 Å². The van der Waals surface area contributed by atoms with Gasteiger partial charge in [-0.3, -0.25) is 0 Å². The van der Waals surface area contributed by atoms with Gasteiger partial charge in [-0.05, 0) is 40.5 Å². The maximum Gasteiger partial charge on any atom is 0.0461 e. The summed E-state index contributed by atoms with van der Waals surface area (Å²) in [5.41, 5.74) is 0.826. The normalized spacial score (nSPS) is 7.96. The maximum atomic E-state index is 6.69. The van der Waals surface area contributed by atoms with Gasteiger partial charge in [-0.25, -0.2) is 0 Å². The predicted molar refractivity (Wildman–Crippen MR) is 110 cm³/mol. The van der Waals surface area contributed by atoms with Crippen LogP contribution in [0.25, 0.3) is 0 Å². The van der Waals surface area contributed by atoms with Gasteiger partial charge in [-0.2, -0.15) is 0 Å². The third-order valence-corrected chi connectivity index (χ3v) is 1.53. The van der Waals surface area contributed by atoms with Gasteiger partial charge in [0.15, 0.2) is 0 Å². The Morgan fingerprint density at radius 2 is 1.09 bits per heavy atom. The van der Waals surface area contributed by atoms with Crippen LogP contribution in [0.3, 0.4) is 0 Å². The first-order valence-electron chi connectivity index (χ1n) is 7.32. The number of hydrogen-bond acceptors (Lipinski definition) is 0. The molecule has 0 saturated heterocycles. The van der Waals surface area contributed by atoms with Crippen molar-refractivity contribution in [3.63, 3.8) is 0 Å². The summed E-state index contributed by atoms with van der Waals surface area (Å²) in [6.07, 6.45) is 6.69. The molecule has 0 aromatic heterocycles. The first kappa shape index (κ1) is 27.4. The zero-order valence-corrected chi connectivity index (χ0v) is 18.6. The minimum absolute atomic E-state index is 0. The first-order chi connectivity index (χ1) is 10.4. The summed E-state index contributed by atoms with van der Waals surface area (Å²) in [5, 5.41) is 0. The van der Waals surface area contributed by atoms with Crippen molar-refractivity contribution in [1.29, 1.82) is 0 Å². The zero-order chi connectivity index (χ0) is 17.2. The Hall–Kier alpha value is -0.478. The van der Waals surface area contributed by atoms with Crippen LogP contribution in [0.15, 0.2) is 60.7 Å². The van der Waals surface area contributed by atoms with E-state index < -0.39 is 0 Å². The second kappa shape index (κ2) is 21.5. The van der Waals surface area contributed by atoms with Crippen molar-refractivity contribution in [3.8, 4) is 5.92 Å². The molecule has 0 aliphatic rings. The summed E-state index contributed by atoms with van der Waals surface area (Å²) in [5.74, 6) is 2.28. The molecular formula is C20H30P2Pd+2. The molecule has 0 amide bonds. The maximum absolute atomic E-state index is 6.69. The van der Waals surface area contributed by atoms with E-state index in [0.717, 1.165) is 5.56 Å². The predicted octanol–water partition coefficient (Wildman–Crippen LogP) is 5.29. The van der Waals surface area contributed by atoms with Crippen LogP contribution in [-0.2, 0) is 20.4 Å². The van der Waals surface area contributed by atoms with Crippen molar-refractivity contribution in [1.82, 2.24) is 0 Å². The molecule has 2 aromatic carbocycles. The van der Waals surface area contributed by atoms with Crippen LogP contribution in [0.1, 0.15) is 5.56 Å². The molecule has 0 saturated carbocycles. The van der Waals surface area contributed by atoms with Crippen molar-refractivity contribution in [3.05, 3.63) is 78.7 Å². The molecule has 0 atom stereocenters. The molecule has 0 N–H and O–H groups in total. The molecule has 0 nitrogen and oxygen atoms in total. The summed E-state index contributed by atoms with van der Waals surface area (Å²) < 4.78 is 0. The SMILES string of the molecule is C[PH+](C)C.C[PH+](C)C.[C]#Cc1ccccc1.[Pd].[c]1ccccc1. The average Bonchev–Trinajstić information content (AvgIpc) is 2.49. The smallest absolute Gasteiger partial charge is 0.0461 e. The molecule has 3 heteroatoms. The minimum atomic E-state index is 0. The fourth-order valence-electron chi connectivity index (χ4n) is 0.863.